The number of pyridine rings is 1. The van der Waals surface area contributed by atoms with Gasteiger partial charge in [-0.2, -0.15) is 0 Å². The van der Waals surface area contributed by atoms with E-state index in [1.165, 1.54) is 23.3 Å². The molecule has 180 valence electrons. The minimum Gasteiger partial charge on any atom is -0.465 e. The monoisotopic (exact) mass is 498 g/mol. The van der Waals surface area contributed by atoms with Crippen LogP contribution in [0.4, 0.5) is 11.4 Å². The van der Waals surface area contributed by atoms with Gasteiger partial charge in [0.1, 0.15) is 5.01 Å². The van der Waals surface area contributed by atoms with Crippen molar-refractivity contribution < 1.29 is 19.1 Å². The summed E-state index contributed by atoms with van der Waals surface area (Å²) in [5.41, 5.74) is 4.04. The molecule has 2 amide bonds. The van der Waals surface area contributed by atoms with Crippen LogP contribution in [0.1, 0.15) is 16.8 Å². The molecule has 2 aromatic carbocycles. The zero-order valence-electron chi connectivity index (χ0n) is 19.4. The number of anilines is 2. The Labute approximate surface area is 211 Å². The van der Waals surface area contributed by atoms with Crippen molar-refractivity contribution in [1.29, 1.82) is 0 Å². The molecule has 8 nitrogen and oxygen atoms in total. The van der Waals surface area contributed by atoms with Crippen molar-refractivity contribution in [3.63, 3.8) is 0 Å². The number of esters is 1. The molecule has 0 spiro atoms. The first-order valence-corrected chi connectivity index (χ1v) is 12.2. The van der Waals surface area contributed by atoms with Gasteiger partial charge in [0.2, 0.25) is 11.8 Å². The maximum atomic E-state index is 13.0. The Morgan fingerprint density at radius 1 is 1.06 bits per heavy atom. The summed E-state index contributed by atoms with van der Waals surface area (Å²) in [5.74, 6) is -1.55. The molecule has 1 aliphatic rings. The molecule has 2 aromatic heterocycles. The lowest BCUT2D eigenvalue weighted by Gasteiger charge is -2.19. The summed E-state index contributed by atoms with van der Waals surface area (Å²) in [5, 5.41) is 5.79. The largest absolute Gasteiger partial charge is 0.465 e. The molecule has 1 atom stereocenters. The summed E-state index contributed by atoms with van der Waals surface area (Å²) < 4.78 is 4.84. The fourth-order valence-electron chi connectivity index (χ4n) is 4.14. The fourth-order valence-corrected chi connectivity index (χ4v) is 4.98. The van der Waals surface area contributed by atoms with Crippen LogP contribution >= 0.6 is 11.3 Å². The highest BCUT2D eigenvalue weighted by molar-refractivity contribution is 7.13. The number of carbonyl (C=O) groups excluding carboxylic acids is 3. The quantitative estimate of drug-likeness (QED) is 0.388. The van der Waals surface area contributed by atoms with E-state index in [4.69, 9.17) is 9.72 Å². The number of carbonyl (C=O) groups is 3. The number of para-hydroxylation sites is 1. The first-order valence-electron chi connectivity index (χ1n) is 11.3. The first-order chi connectivity index (χ1) is 17.5. The van der Waals surface area contributed by atoms with Crippen LogP contribution in [0.15, 0.2) is 78.4 Å². The summed E-state index contributed by atoms with van der Waals surface area (Å²) in [6, 6.07) is 18.0. The average Bonchev–Trinajstić information content (AvgIpc) is 3.56. The van der Waals surface area contributed by atoms with E-state index in [0.717, 1.165) is 21.8 Å². The van der Waals surface area contributed by atoms with E-state index in [1.807, 2.05) is 35.7 Å². The molecule has 1 fully saturated rings. The third kappa shape index (κ3) is 4.73. The second-order valence-electron chi connectivity index (χ2n) is 8.26. The number of hydrogen-bond acceptors (Lipinski definition) is 7. The Morgan fingerprint density at radius 3 is 2.67 bits per heavy atom. The second kappa shape index (κ2) is 10.1. The van der Waals surface area contributed by atoms with Crippen molar-refractivity contribution >= 4 is 40.5 Å². The number of thiazole rings is 1. The number of rotatable bonds is 6. The standard InChI is InChI=1S/C27H22N4O4S/c1-35-27(34)21-7-2-3-8-23(21)31-15-19(14-24(31)32)25(33)29-20-6-4-5-18(13-20)22-16-36-26(30-22)17-9-11-28-12-10-17/h2-13,16,19H,14-15H2,1H3,(H,29,33). The summed E-state index contributed by atoms with van der Waals surface area (Å²) >= 11 is 1.54. The molecule has 36 heavy (non-hydrogen) atoms. The third-order valence-corrected chi connectivity index (χ3v) is 6.84. The molecule has 0 aliphatic carbocycles. The smallest absolute Gasteiger partial charge is 0.339 e. The normalized spacial score (nSPS) is 15.1. The topological polar surface area (TPSA) is 101 Å². The fraction of sp³-hybridized carbons (Fsp3) is 0.148. The Balaban J connectivity index is 1.30. The van der Waals surface area contributed by atoms with Crippen LogP contribution in [0, 0.1) is 5.92 Å². The van der Waals surface area contributed by atoms with Crippen LogP contribution in [0.2, 0.25) is 0 Å². The van der Waals surface area contributed by atoms with Crippen LogP contribution in [0.5, 0.6) is 0 Å². The van der Waals surface area contributed by atoms with Gasteiger partial charge in [0.05, 0.1) is 30.0 Å². The van der Waals surface area contributed by atoms with E-state index in [1.54, 1.807) is 42.7 Å². The molecule has 1 N–H and O–H groups in total. The molecule has 5 rings (SSSR count). The van der Waals surface area contributed by atoms with Crippen molar-refractivity contribution in [2.24, 2.45) is 5.92 Å². The molecular weight excluding hydrogens is 476 g/mol. The highest BCUT2D eigenvalue weighted by atomic mass is 32.1. The van der Waals surface area contributed by atoms with Gasteiger partial charge in [-0.1, -0.05) is 24.3 Å². The van der Waals surface area contributed by atoms with Gasteiger partial charge in [0.15, 0.2) is 0 Å². The van der Waals surface area contributed by atoms with Crippen LogP contribution in [-0.2, 0) is 14.3 Å². The number of ether oxygens (including phenoxy) is 1. The highest BCUT2D eigenvalue weighted by Gasteiger charge is 2.36. The molecular formula is C27H22N4O4S. The molecule has 1 saturated heterocycles. The maximum absolute atomic E-state index is 13.0. The number of nitrogens with one attached hydrogen (secondary N) is 1. The second-order valence-corrected chi connectivity index (χ2v) is 9.12. The van der Waals surface area contributed by atoms with Crippen molar-refractivity contribution in [2.45, 2.75) is 6.42 Å². The van der Waals surface area contributed by atoms with Gasteiger partial charge in [-0.3, -0.25) is 14.6 Å². The van der Waals surface area contributed by atoms with Crippen LogP contribution < -0.4 is 10.2 Å². The lowest BCUT2D eigenvalue weighted by atomic mass is 10.1. The predicted octanol–water partition coefficient (Wildman–Crippen LogP) is 4.65. The minimum atomic E-state index is -0.551. The van der Waals surface area contributed by atoms with Gasteiger partial charge < -0.3 is 15.0 Å². The average molecular weight is 499 g/mol. The number of nitrogens with zero attached hydrogens (tertiary/aromatic N) is 3. The molecule has 1 aliphatic heterocycles. The zero-order chi connectivity index (χ0) is 25.1. The van der Waals surface area contributed by atoms with Gasteiger partial charge in [-0.25, -0.2) is 9.78 Å². The van der Waals surface area contributed by atoms with Crippen LogP contribution in [0.25, 0.3) is 21.8 Å². The Morgan fingerprint density at radius 2 is 1.86 bits per heavy atom. The van der Waals surface area contributed by atoms with Gasteiger partial charge in [-0.15, -0.1) is 11.3 Å². The molecule has 0 saturated carbocycles. The van der Waals surface area contributed by atoms with Crippen molar-refractivity contribution in [2.75, 3.05) is 23.9 Å². The summed E-state index contributed by atoms with van der Waals surface area (Å²) in [6.07, 6.45) is 3.52. The number of benzene rings is 2. The van der Waals surface area contributed by atoms with Crippen LogP contribution in [-0.4, -0.2) is 41.4 Å². The van der Waals surface area contributed by atoms with Crippen molar-refractivity contribution in [3.05, 3.63) is 84.0 Å². The highest BCUT2D eigenvalue weighted by Crippen LogP contribution is 2.31. The van der Waals surface area contributed by atoms with E-state index in [2.05, 4.69) is 10.3 Å². The van der Waals surface area contributed by atoms with E-state index in [9.17, 15) is 14.4 Å². The number of amides is 2. The van der Waals surface area contributed by atoms with E-state index >= 15 is 0 Å². The van der Waals surface area contributed by atoms with Crippen molar-refractivity contribution in [1.82, 2.24) is 9.97 Å². The van der Waals surface area contributed by atoms with E-state index < -0.39 is 11.9 Å². The van der Waals surface area contributed by atoms with Gasteiger partial charge in [0, 0.05) is 47.6 Å². The third-order valence-electron chi connectivity index (χ3n) is 5.95. The van der Waals surface area contributed by atoms with Gasteiger partial charge in [-0.05, 0) is 36.4 Å². The van der Waals surface area contributed by atoms with Crippen molar-refractivity contribution in [3.8, 4) is 21.8 Å². The predicted molar refractivity (Wildman–Crippen MR) is 138 cm³/mol. The Bertz CT molecular complexity index is 1440. The van der Waals surface area contributed by atoms with Gasteiger partial charge >= 0.3 is 5.97 Å². The zero-order valence-corrected chi connectivity index (χ0v) is 20.2. The molecule has 3 heterocycles. The molecule has 1 unspecified atom stereocenters. The first kappa shape index (κ1) is 23.4. The van der Waals surface area contributed by atoms with E-state index in [0.29, 0.717) is 11.4 Å². The van der Waals surface area contributed by atoms with E-state index in [-0.39, 0.29) is 30.3 Å². The number of hydrogen-bond donors (Lipinski definition) is 1. The lowest BCUT2D eigenvalue weighted by molar-refractivity contribution is -0.122. The number of methoxy groups -OCH3 is 1. The van der Waals surface area contributed by atoms with Gasteiger partial charge in [0.25, 0.3) is 0 Å². The Hall–Kier alpha value is -4.37. The summed E-state index contributed by atoms with van der Waals surface area (Å²) in [6.45, 7) is 0.180. The molecule has 9 heteroatoms. The SMILES string of the molecule is COC(=O)c1ccccc1N1CC(C(=O)Nc2cccc(-c3csc(-c4ccncc4)n3)c2)CC1=O. The number of aromatic nitrogens is 2. The summed E-state index contributed by atoms with van der Waals surface area (Å²) in [4.78, 5) is 48.2. The molecule has 0 bridgehead atoms. The lowest BCUT2D eigenvalue weighted by Crippen LogP contribution is -2.29. The molecule has 4 aromatic rings. The molecule has 0 radical (unpaired) electrons. The Kier molecular flexibility index (Phi) is 6.55. The van der Waals surface area contributed by atoms with Crippen LogP contribution in [0.3, 0.4) is 0 Å². The minimum absolute atomic E-state index is 0.0579. The summed E-state index contributed by atoms with van der Waals surface area (Å²) in [7, 11) is 1.29. The maximum Gasteiger partial charge on any atom is 0.339 e.